The molecule has 3 fully saturated rings. The van der Waals surface area contributed by atoms with Gasteiger partial charge in [0.05, 0.1) is 17.5 Å². The second kappa shape index (κ2) is 6.02. The predicted octanol–water partition coefficient (Wildman–Crippen LogP) is 3.19. The first-order valence-electron chi connectivity index (χ1n) is 10.3. The zero-order valence-electron chi connectivity index (χ0n) is 16.4. The first-order valence-corrected chi connectivity index (χ1v) is 11.1. The van der Waals surface area contributed by atoms with Gasteiger partial charge < -0.3 is 5.32 Å². The first kappa shape index (κ1) is 18.3. The van der Waals surface area contributed by atoms with E-state index in [4.69, 9.17) is 0 Å². The summed E-state index contributed by atoms with van der Waals surface area (Å²) in [5, 5.41) is 3.05. The fourth-order valence-corrected chi connectivity index (χ4v) is 6.71. The molecule has 4 aliphatic rings. The Bertz CT molecular complexity index is 1150. The highest BCUT2D eigenvalue weighted by molar-refractivity contribution is 9.10. The van der Waals surface area contributed by atoms with Crippen LogP contribution < -0.4 is 10.2 Å². The van der Waals surface area contributed by atoms with Crippen LogP contribution in [0.15, 0.2) is 46.9 Å². The van der Waals surface area contributed by atoms with Crippen molar-refractivity contribution in [3.05, 3.63) is 58.1 Å². The minimum Gasteiger partial charge on any atom is -0.324 e. The molecule has 0 aliphatic carbocycles. The molecule has 152 valence electrons. The van der Waals surface area contributed by atoms with Gasteiger partial charge in [0.15, 0.2) is 0 Å². The fraction of sp³-hybridized carbons (Fsp3) is 0.348. The van der Waals surface area contributed by atoms with E-state index in [9.17, 15) is 14.4 Å². The molecular weight excluding hydrogens is 446 g/mol. The molecule has 1 spiro atoms. The van der Waals surface area contributed by atoms with Gasteiger partial charge in [0.2, 0.25) is 17.7 Å². The lowest BCUT2D eigenvalue weighted by Gasteiger charge is -2.36. The Morgan fingerprint density at radius 2 is 1.87 bits per heavy atom. The number of rotatable bonds is 1. The van der Waals surface area contributed by atoms with Gasteiger partial charge in [-0.25, -0.2) is 4.90 Å². The van der Waals surface area contributed by atoms with E-state index in [0.29, 0.717) is 16.7 Å². The molecule has 2 aromatic carbocycles. The van der Waals surface area contributed by atoms with Gasteiger partial charge in [0.25, 0.3) is 0 Å². The molecule has 0 bridgehead atoms. The standard InChI is InChI=1S/C23H20BrN3O3/c1-12-6-4-7-13-19(12)25-22(30)23(13)18-17(16-10-5-11-26(16)23)20(28)27(21(18)29)15-9-3-2-8-14(15)24/h2-4,6-9,16-18H,5,10-11H2,1H3,(H,25,30)/t16-,17+,18-,23-/m0/s1. The quantitative estimate of drug-likeness (QED) is 0.656. The number of fused-ring (bicyclic) bond motifs is 7. The Hall–Kier alpha value is -2.51. The highest BCUT2D eigenvalue weighted by Gasteiger charge is 2.74. The van der Waals surface area contributed by atoms with E-state index in [2.05, 4.69) is 26.1 Å². The number of imide groups is 1. The van der Waals surface area contributed by atoms with Crippen molar-refractivity contribution < 1.29 is 14.4 Å². The summed E-state index contributed by atoms with van der Waals surface area (Å²) in [6.45, 7) is 2.68. The Balaban J connectivity index is 1.59. The smallest absolute Gasteiger partial charge is 0.250 e. The van der Waals surface area contributed by atoms with E-state index in [1.54, 1.807) is 6.07 Å². The third kappa shape index (κ3) is 1.95. The van der Waals surface area contributed by atoms with Crippen LogP contribution in [-0.2, 0) is 19.9 Å². The van der Waals surface area contributed by atoms with Crippen molar-refractivity contribution in [3.8, 4) is 0 Å². The van der Waals surface area contributed by atoms with Crippen LogP contribution >= 0.6 is 15.9 Å². The number of para-hydroxylation sites is 2. The van der Waals surface area contributed by atoms with Gasteiger partial charge in [0.1, 0.15) is 5.54 Å². The van der Waals surface area contributed by atoms with Crippen molar-refractivity contribution in [3.63, 3.8) is 0 Å². The molecule has 3 amide bonds. The van der Waals surface area contributed by atoms with Gasteiger partial charge in [-0.1, -0.05) is 30.3 Å². The van der Waals surface area contributed by atoms with Crippen LogP contribution in [0, 0.1) is 18.8 Å². The van der Waals surface area contributed by atoms with Crippen molar-refractivity contribution >= 4 is 45.0 Å². The maximum absolute atomic E-state index is 13.9. The number of hydrogen-bond acceptors (Lipinski definition) is 4. The number of carbonyl (C=O) groups excluding carboxylic acids is 3. The molecule has 6 nitrogen and oxygen atoms in total. The topological polar surface area (TPSA) is 69.7 Å². The highest BCUT2D eigenvalue weighted by atomic mass is 79.9. The zero-order valence-corrected chi connectivity index (χ0v) is 18.0. The number of hydrogen-bond donors (Lipinski definition) is 1. The van der Waals surface area contributed by atoms with Gasteiger partial charge in [-0.15, -0.1) is 0 Å². The van der Waals surface area contributed by atoms with E-state index in [0.717, 1.165) is 29.7 Å². The van der Waals surface area contributed by atoms with Crippen LogP contribution in [0.1, 0.15) is 24.0 Å². The second-order valence-electron chi connectivity index (χ2n) is 8.59. The number of aryl methyl sites for hydroxylation is 1. The second-order valence-corrected chi connectivity index (χ2v) is 9.44. The molecule has 2 aromatic rings. The van der Waals surface area contributed by atoms with Crippen LogP contribution in [0.5, 0.6) is 0 Å². The summed E-state index contributed by atoms with van der Waals surface area (Å²) in [6.07, 6.45) is 1.74. The number of benzene rings is 2. The summed E-state index contributed by atoms with van der Waals surface area (Å²) >= 11 is 3.48. The van der Waals surface area contributed by atoms with Crippen LogP contribution in [0.25, 0.3) is 0 Å². The van der Waals surface area contributed by atoms with E-state index < -0.39 is 17.4 Å². The largest absolute Gasteiger partial charge is 0.324 e. The lowest BCUT2D eigenvalue weighted by atomic mass is 9.75. The van der Waals surface area contributed by atoms with Crippen molar-refractivity contribution in [1.82, 2.24) is 4.90 Å². The lowest BCUT2D eigenvalue weighted by molar-refractivity contribution is -0.135. The molecule has 4 heterocycles. The Labute approximate surface area is 182 Å². The van der Waals surface area contributed by atoms with E-state index in [1.807, 2.05) is 43.3 Å². The number of nitrogens with zero attached hydrogens (tertiary/aromatic N) is 2. The normalized spacial score (nSPS) is 32.0. The predicted molar refractivity (Wildman–Crippen MR) is 115 cm³/mol. The molecule has 3 saturated heterocycles. The highest BCUT2D eigenvalue weighted by Crippen LogP contribution is 2.61. The molecule has 0 saturated carbocycles. The minimum absolute atomic E-state index is 0.101. The molecule has 1 N–H and O–H groups in total. The van der Waals surface area contributed by atoms with Gasteiger partial charge in [-0.2, -0.15) is 0 Å². The maximum atomic E-state index is 13.9. The number of carbonyl (C=O) groups is 3. The van der Waals surface area contributed by atoms with Crippen molar-refractivity contribution in [2.45, 2.75) is 31.3 Å². The summed E-state index contributed by atoms with van der Waals surface area (Å²) in [5.41, 5.74) is 2.02. The van der Waals surface area contributed by atoms with Gasteiger partial charge in [0, 0.05) is 21.8 Å². The number of halogens is 1. The minimum atomic E-state index is -1.12. The number of anilines is 2. The average Bonchev–Trinajstić information content (AvgIpc) is 3.42. The Morgan fingerprint density at radius 1 is 1.07 bits per heavy atom. The molecule has 30 heavy (non-hydrogen) atoms. The van der Waals surface area contributed by atoms with Crippen LogP contribution in [0.3, 0.4) is 0 Å². The zero-order chi connectivity index (χ0) is 20.8. The third-order valence-corrected chi connectivity index (χ3v) is 8.00. The SMILES string of the molecule is Cc1cccc2c1NC(=O)[C@@]21[C@@H]2C(=O)N(c3ccccc3Br)C(=O)[C@@H]2[C@@H]2CCCN21. The maximum Gasteiger partial charge on any atom is 0.250 e. The van der Waals surface area contributed by atoms with E-state index >= 15 is 0 Å². The lowest BCUT2D eigenvalue weighted by Crippen LogP contribution is -2.54. The van der Waals surface area contributed by atoms with Gasteiger partial charge >= 0.3 is 0 Å². The molecule has 0 aromatic heterocycles. The van der Waals surface area contributed by atoms with Gasteiger partial charge in [-0.3, -0.25) is 19.3 Å². The van der Waals surface area contributed by atoms with Crippen molar-refractivity contribution in [1.29, 1.82) is 0 Å². The average molecular weight is 466 g/mol. The Kier molecular flexibility index (Phi) is 3.66. The monoisotopic (exact) mass is 465 g/mol. The molecule has 4 aliphatic heterocycles. The summed E-state index contributed by atoms with van der Waals surface area (Å²) in [5.74, 6) is -1.88. The molecular formula is C23H20BrN3O3. The summed E-state index contributed by atoms with van der Waals surface area (Å²) < 4.78 is 0.691. The van der Waals surface area contributed by atoms with E-state index in [-0.39, 0.29) is 23.8 Å². The van der Waals surface area contributed by atoms with Crippen LogP contribution in [0.2, 0.25) is 0 Å². The van der Waals surface area contributed by atoms with Crippen LogP contribution in [-0.4, -0.2) is 35.2 Å². The molecule has 6 rings (SSSR count). The molecule has 0 unspecified atom stereocenters. The molecule has 0 radical (unpaired) electrons. The number of amides is 3. The van der Waals surface area contributed by atoms with Crippen molar-refractivity contribution in [2.75, 3.05) is 16.8 Å². The Morgan fingerprint density at radius 3 is 2.67 bits per heavy atom. The van der Waals surface area contributed by atoms with Gasteiger partial charge in [-0.05, 0) is 59.9 Å². The van der Waals surface area contributed by atoms with Crippen molar-refractivity contribution in [2.24, 2.45) is 11.8 Å². The van der Waals surface area contributed by atoms with E-state index in [1.165, 1.54) is 4.90 Å². The fourth-order valence-electron chi connectivity index (χ4n) is 6.25. The molecule has 4 atom stereocenters. The first-order chi connectivity index (χ1) is 14.5. The molecule has 7 heteroatoms. The number of nitrogens with one attached hydrogen (secondary N) is 1. The third-order valence-electron chi connectivity index (χ3n) is 7.33. The summed E-state index contributed by atoms with van der Waals surface area (Å²) in [6, 6.07) is 13.0. The summed E-state index contributed by atoms with van der Waals surface area (Å²) in [7, 11) is 0. The van der Waals surface area contributed by atoms with Crippen LogP contribution in [0.4, 0.5) is 11.4 Å². The summed E-state index contributed by atoms with van der Waals surface area (Å²) in [4.78, 5) is 44.6.